The molecule has 0 atom stereocenters. The highest BCUT2D eigenvalue weighted by atomic mass is 127. The Morgan fingerprint density at radius 2 is 2.19 bits per heavy atom. The van der Waals surface area contributed by atoms with E-state index in [1.54, 1.807) is 10.9 Å². The summed E-state index contributed by atoms with van der Waals surface area (Å²) in [7, 11) is 0. The average molecular weight is 408 g/mol. The van der Waals surface area contributed by atoms with Crippen molar-refractivity contribution in [2.24, 2.45) is 10.7 Å². The minimum absolute atomic E-state index is 0. The van der Waals surface area contributed by atoms with Crippen molar-refractivity contribution in [3.8, 4) is 0 Å². The number of nitrogens with one attached hydrogen (secondary N) is 1. The van der Waals surface area contributed by atoms with Gasteiger partial charge in [-0.15, -0.1) is 34.2 Å². The van der Waals surface area contributed by atoms with Crippen molar-refractivity contribution in [2.45, 2.75) is 20.0 Å². The van der Waals surface area contributed by atoms with Crippen LogP contribution in [-0.4, -0.2) is 20.7 Å². The molecule has 114 valence electrons. The molecule has 0 saturated heterocycles. The molecule has 1 heterocycles. The van der Waals surface area contributed by atoms with Crippen LogP contribution in [0, 0.1) is 11.6 Å². The summed E-state index contributed by atoms with van der Waals surface area (Å²) >= 11 is 0. The van der Waals surface area contributed by atoms with Crippen LogP contribution in [0.3, 0.4) is 0 Å². The van der Waals surface area contributed by atoms with E-state index in [-0.39, 0.29) is 42.2 Å². The number of nitrogens with zero attached hydrogens (tertiary/aromatic N) is 4. The third-order valence-corrected chi connectivity index (χ3v) is 2.62. The van der Waals surface area contributed by atoms with Crippen LogP contribution in [0.1, 0.15) is 12.7 Å². The maximum Gasteiger partial charge on any atom is 0.193 e. The Labute approximate surface area is 137 Å². The Balaban J connectivity index is 0.00000220. The first-order valence-corrected chi connectivity index (χ1v) is 5.99. The fraction of sp³-hybridized carbons (Fsp3) is 0.250. The summed E-state index contributed by atoms with van der Waals surface area (Å²) < 4.78 is 28.2. The van der Waals surface area contributed by atoms with Gasteiger partial charge in [0.2, 0.25) is 0 Å². The molecule has 1 aromatic carbocycles. The molecule has 2 rings (SSSR count). The molecular formula is C12H15F2IN6. The second-order valence-electron chi connectivity index (χ2n) is 3.98. The minimum atomic E-state index is -0.610. The van der Waals surface area contributed by atoms with Gasteiger partial charge in [-0.05, 0) is 19.1 Å². The number of anilines is 1. The van der Waals surface area contributed by atoms with Gasteiger partial charge < -0.3 is 15.6 Å². The minimum Gasteiger partial charge on any atom is -0.370 e. The molecule has 0 saturated carbocycles. The van der Waals surface area contributed by atoms with Crippen LogP contribution in [0.25, 0.3) is 0 Å². The van der Waals surface area contributed by atoms with Crippen LogP contribution in [0.2, 0.25) is 0 Å². The van der Waals surface area contributed by atoms with E-state index < -0.39 is 11.6 Å². The quantitative estimate of drug-likeness (QED) is 0.462. The van der Waals surface area contributed by atoms with Crippen molar-refractivity contribution in [1.29, 1.82) is 0 Å². The molecule has 6 nitrogen and oxygen atoms in total. The molecule has 1 aromatic heterocycles. The first-order chi connectivity index (χ1) is 9.60. The highest BCUT2D eigenvalue weighted by Crippen LogP contribution is 2.14. The number of hydrogen-bond donors (Lipinski definition) is 2. The van der Waals surface area contributed by atoms with E-state index in [4.69, 9.17) is 5.73 Å². The van der Waals surface area contributed by atoms with E-state index >= 15 is 0 Å². The molecule has 9 heteroatoms. The van der Waals surface area contributed by atoms with Crippen LogP contribution in [0.5, 0.6) is 0 Å². The first kappa shape index (κ1) is 17.3. The van der Waals surface area contributed by atoms with Gasteiger partial charge in [-0.3, -0.25) is 0 Å². The third kappa shape index (κ3) is 4.62. The van der Waals surface area contributed by atoms with Crippen LogP contribution in [-0.2, 0) is 13.1 Å². The molecular weight excluding hydrogens is 393 g/mol. The van der Waals surface area contributed by atoms with E-state index in [9.17, 15) is 8.78 Å². The number of aliphatic imine (C=N–C) groups is 1. The third-order valence-electron chi connectivity index (χ3n) is 2.62. The smallest absolute Gasteiger partial charge is 0.193 e. The summed E-state index contributed by atoms with van der Waals surface area (Å²) in [6.07, 6.45) is 1.58. The summed E-state index contributed by atoms with van der Waals surface area (Å²) in [5.41, 5.74) is 5.56. The maximum absolute atomic E-state index is 13.4. The number of guanidine groups is 1. The number of nitrogens with two attached hydrogens (primary N) is 1. The molecule has 0 unspecified atom stereocenters. The van der Waals surface area contributed by atoms with E-state index in [0.717, 1.165) is 18.2 Å². The Bertz CT molecular complexity index is 628. The predicted octanol–water partition coefficient (Wildman–Crippen LogP) is 2.12. The van der Waals surface area contributed by atoms with E-state index in [1.807, 2.05) is 6.92 Å². The average Bonchev–Trinajstić information content (AvgIpc) is 2.88. The Morgan fingerprint density at radius 1 is 1.43 bits per heavy atom. The zero-order valence-electron chi connectivity index (χ0n) is 11.3. The second-order valence-corrected chi connectivity index (χ2v) is 3.98. The Morgan fingerprint density at radius 3 is 2.90 bits per heavy atom. The summed E-state index contributed by atoms with van der Waals surface area (Å²) in [5, 5.41) is 10.1. The number of benzene rings is 1. The molecule has 0 spiro atoms. The van der Waals surface area contributed by atoms with Crippen molar-refractivity contribution >= 4 is 35.6 Å². The lowest BCUT2D eigenvalue weighted by atomic mass is 10.3. The van der Waals surface area contributed by atoms with Gasteiger partial charge in [0.1, 0.15) is 24.5 Å². The predicted molar refractivity (Wildman–Crippen MR) is 86.4 cm³/mol. The van der Waals surface area contributed by atoms with Crippen LogP contribution in [0.4, 0.5) is 14.5 Å². The van der Waals surface area contributed by atoms with Gasteiger partial charge in [-0.25, -0.2) is 13.8 Å². The van der Waals surface area contributed by atoms with Crippen molar-refractivity contribution in [3.05, 3.63) is 42.0 Å². The van der Waals surface area contributed by atoms with Crippen LogP contribution >= 0.6 is 24.0 Å². The summed E-state index contributed by atoms with van der Waals surface area (Å²) in [4.78, 5) is 4.01. The molecule has 0 amide bonds. The van der Waals surface area contributed by atoms with Gasteiger partial charge in [-0.2, -0.15) is 0 Å². The van der Waals surface area contributed by atoms with Gasteiger partial charge >= 0.3 is 0 Å². The molecule has 0 aliphatic rings. The molecule has 0 aliphatic carbocycles. The van der Waals surface area contributed by atoms with Gasteiger partial charge in [0.15, 0.2) is 11.8 Å². The highest BCUT2D eigenvalue weighted by Gasteiger charge is 2.06. The SMILES string of the molecule is CCn1cnnc1CN=C(N)Nc1cc(F)ccc1F.I. The Kier molecular flexibility index (Phi) is 6.46. The number of aryl methyl sites for hydroxylation is 1. The van der Waals surface area contributed by atoms with Crippen LogP contribution < -0.4 is 11.1 Å². The molecule has 0 aliphatic heterocycles. The van der Waals surface area contributed by atoms with Crippen molar-refractivity contribution in [2.75, 3.05) is 5.32 Å². The molecule has 2 aromatic rings. The van der Waals surface area contributed by atoms with Gasteiger partial charge in [0, 0.05) is 12.6 Å². The molecule has 21 heavy (non-hydrogen) atoms. The summed E-state index contributed by atoms with van der Waals surface area (Å²) in [5.74, 6) is -0.564. The lowest BCUT2D eigenvalue weighted by Crippen LogP contribution is -2.23. The highest BCUT2D eigenvalue weighted by molar-refractivity contribution is 14.0. The normalized spacial score (nSPS) is 11.1. The monoisotopic (exact) mass is 408 g/mol. The molecule has 0 radical (unpaired) electrons. The van der Waals surface area contributed by atoms with E-state index in [0.29, 0.717) is 12.4 Å². The van der Waals surface area contributed by atoms with E-state index in [1.165, 1.54) is 0 Å². The van der Waals surface area contributed by atoms with Gasteiger partial charge in [0.25, 0.3) is 0 Å². The van der Waals surface area contributed by atoms with Crippen molar-refractivity contribution in [1.82, 2.24) is 14.8 Å². The standard InChI is InChI=1S/C12H14F2N6.HI/c1-2-20-7-17-19-11(20)6-16-12(15)18-10-5-8(13)3-4-9(10)14;/h3-5,7H,2,6H2,1H3,(H3,15,16,18);1H. The van der Waals surface area contributed by atoms with Crippen molar-refractivity contribution < 1.29 is 8.78 Å². The van der Waals surface area contributed by atoms with Crippen LogP contribution in [0.15, 0.2) is 29.5 Å². The summed E-state index contributed by atoms with van der Waals surface area (Å²) in [6, 6.07) is 3.04. The van der Waals surface area contributed by atoms with E-state index in [2.05, 4.69) is 20.5 Å². The topological polar surface area (TPSA) is 81.1 Å². The largest absolute Gasteiger partial charge is 0.370 e. The fourth-order valence-corrected chi connectivity index (χ4v) is 1.59. The fourth-order valence-electron chi connectivity index (χ4n) is 1.59. The number of hydrogen-bond acceptors (Lipinski definition) is 3. The number of halogens is 3. The first-order valence-electron chi connectivity index (χ1n) is 5.99. The molecule has 0 bridgehead atoms. The van der Waals surface area contributed by atoms with Gasteiger partial charge in [0.05, 0.1) is 5.69 Å². The lowest BCUT2D eigenvalue weighted by molar-refractivity contribution is 0.604. The van der Waals surface area contributed by atoms with Gasteiger partial charge in [-0.1, -0.05) is 0 Å². The molecule has 3 N–H and O–H groups in total. The zero-order valence-corrected chi connectivity index (χ0v) is 13.6. The Hall–Kier alpha value is -1.78. The number of rotatable bonds is 4. The molecule has 0 fully saturated rings. The van der Waals surface area contributed by atoms with Crippen molar-refractivity contribution in [3.63, 3.8) is 0 Å². The zero-order chi connectivity index (χ0) is 14.5. The lowest BCUT2D eigenvalue weighted by Gasteiger charge is -2.07. The summed E-state index contributed by atoms with van der Waals surface area (Å²) in [6.45, 7) is 2.85. The number of aromatic nitrogens is 3. The second kappa shape index (κ2) is 7.86. The maximum atomic E-state index is 13.4.